The molecule has 0 spiro atoms. The number of hydrogen-bond donors (Lipinski definition) is 0. The van der Waals surface area contributed by atoms with Crippen molar-refractivity contribution in [1.82, 2.24) is 14.3 Å². The van der Waals surface area contributed by atoms with Crippen molar-refractivity contribution < 1.29 is 4.42 Å². The van der Waals surface area contributed by atoms with Crippen molar-refractivity contribution >= 4 is 46.0 Å². The van der Waals surface area contributed by atoms with Crippen molar-refractivity contribution in [1.29, 1.82) is 0 Å². The van der Waals surface area contributed by atoms with Crippen LogP contribution in [0, 0.1) is 4.84 Å². The number of para-hydroxylation sites is 3. The molecular formula is C16H13N3OS2. The second-order valence-corrected chi connectivity index (χ2v) is 6.27. The third kappa shape index (κ3) is 2.15. The Hall–Kier alpha value is -2.05. The van der Waals surface area contributed by atoms with E-state index in [-0.39, 0.29) is 0 Å². The molecule has 0 radical (unpaired) electrons. The van der Waals surface area contributed by atoms with Gasteiger partial charge in [-0.2, -0.15) is 5.10 Å². The predicted octanol–water partition coefficient (Wildman–Crippen LogP) is 4.60. The number of nitrogens with zero attached hydrogens (tertiary/aromatic N) is 3. The highest BCUT2D eigenvalue weighted by Crippen LogP contribution is 2.29. The summed E-state index contributed by atoms with van der Waals surface area (Å²) in [5.74, 6) is 0.677. The Kier molecular flexibility index (Phi) is 3.28. The van der Waals surface area contributed by atoms with E-state index in [4.69, 9.17) is 16.6 Å². The minimum atomic E-state index is 0.494. The zero-order valence-electron chi connectivity index (χ0n) is 11.9. The van der Waals surface area contributed by atoms with E-state index in [2.05, 4.69) is 17.2 Å². The Balaban J connectivity index is 1.72. The summed E-state index contributed by atoms with van der Waals surface area (Å²) in [6.07, 6.45) is 0. The smallest absolute Gasteiger partial charge is 0.270 e. The van der Waals surface area contributed by atoms with Crippen molar-refractivity contribution in [3.05, 3.63) is 53.4 Å². The van der Waals surface area contributed by atoms with Gasteiger partial charge < -0.3 is 4.42 Å². The molecule has 0 saturated carbocycles. The summed E-state index contributed by atoms with van der Waals surface area (Å²) >= 11 is 6.99. The largest absolute Gasteiger partial charge is 0.429 e. The fourth-order valence-electron chi connectivity index (χ4n) is 2.55. The molecule has 0 bridgehead atoms. The molecule has 110 valence electrons. The van der Waals surface area contributed by atoms with Crippen LogP contribution < -0.4 is 0 Å². The highest BCUT2D eigenvalue weighted by atomic mass is 32.2. The van der Waals surface area contributed by atoms with E-state index in [1.807, 2.05) is 52.7 Å². The van der Waals surface area contributed by atoms with Crippen LogP contribution in [0.25, 0.3) is 22.0 Å². The average Bonchev–Trinajstić information content (AvgIpc) is 3.03. The lowest BCUT2D eigenvalue weighted by Gasteiger charge is -2.01. The van der Waals surface area contributed by atoms with Gasteiger partial charge in [0.25, 0.3) is 4.84 Å². The van der Waals surface area contributed by atoms with Crippen LogP contribution in [0.3, 0.4) is 0 Å². The first-order valence-corrected chi connectivity index (χ1v) is 8.26. The van der Waals surface area contributed by atoms with Gasteiger partial charge in [-0.05, 0) is 30.4 Å². The molecule has 6 heteroatoms. The van der Waals surface area contributed by atoms with Crippen molar-refractivity contribution in [3.8, 4) is 0 Å². The summed E-state index contributed by atoms with van der Waals surface area (Å²) in [5, 5.41) is 6.77. The average molecular weight is 327 g/mol. The number of thioether (sulfide) groups is 1. The topological polar surface area (TPSA) is 35.9 Å². The standard InChI is InChI=1S/C16H13N3OS2/c1-18-12-7-3-2-6-11(12)15(17-18)22-10-19-13-8-4-5-9-14(13)20-16(19)21/h2-9H,10H2,1H3. The molecule has 0 atom stereocenters. The van der Waals surface area contributed by atoms with Gasteiger partial charge in [-0.15, -0.1) is 0 Å². The molecule has 0 saturated heterocycles. The number of fused-ring (bicyclic) bond motifs is 2. The molecule has 4 aromatic rings. The first-order chi connectivity index (χ1) is 10.7. The molecule has 0 aliphatic carbocycles. The van der Waals surface area contributed by atoms with Crippen LogP contribution in [0.15, 0.2) is 58.0 Å². The van der Waals surface area contributed by atoms with Crippen molar-refractivity contribution in [2.75, 3.05) is 0 Å². The maximum absolute atomic E-state index is 5.62. The Morgan fingerprint density at radius 2 is 1.82 bits per heavy atom. The number of benzene rings is 2. The lowest BCUT2D eigenvalue weighted by Crippen LogP contribution is -1.94. The second kappa shape index (κ2) is 5.30. The fourth-order valence-corrected chi connectivity index (χ4v) is 3.90. The Morgan fingerprint density at radius 3 is 2.68 bits per heavy atom. The van der Waals surface area contributed by atoms with Crippen molar-refractivity contribution in [2.45, 2.75) is 10.9 Å². The maximum Gasteiger partial charge on any atom is 0.270 e. The second-order valence-electron chi connectivity index (χ2n) is 4.98. The monoisotopic (exact) mass is 327 g/mol. The van der Waals surface area contributed by atoms with Gasteiger partial charge in [0, 0.05) is 12.4 Å². The highest BCUT2D eigenvalue weighted by Gasteiger charge is 2.11. The molecule has 0 aliphatic rings. The summed E-state index contributed by atoms with van der Waals surface area (Å²) in [7, 11) is 1.96. The van der Waals surface area contributed by atoms with Gasteiger partial charge in [0.05, 0.1) is 16.9 Å². The lowest BCUT2D eigenvalue weighted by atomic mass is 10.3. The molecule has 2 heterocycles. The van der Waals surface area contributed by atoms with Crippen LogP contribution in [0.2, 0.25) is 0 Å². The molecular weight excluding hydrogens is 314 g/mol. The summed E-state index contributed by atoms with van der Waals surface area (Å²) in [6.45, 7) is 0. The minimum Gasteiger partial charge on any atom is -0.429 e. The maximum atomic E-state index is 5.62. The molecule has 0 aliphatic heterocycles. The van der Waals surface area contributed by atoms with Crippen LogP contribution in [0.4, 0.5) is 0 Å². The van der Waals surface area contributed by atoms with Gasteiger partial charge in [-0.1, -0.05) is 42.1 Å². The first kappa shape index (κ1) is 13.6. The predicted molar refractivity (Wildman–Crippen MR) is 91.6 cm³/mol. The van der Waals surface area contributed by atoms with Gasteiger partial charge in [0.2, 0.25) is 0 Å². The zero-order chi connectivity index (χ0) is 15.1. The third-order valence-corrected chi connectivity index (χ3v) is 4.89. The van der Waals surface area contributed by atoms with E-state index in [0.29, 0.717) is 10.7 Å². The fraction of sp³-hybridized carbons (Fsp3) is 0.125. The molecule has 2 aromatic carbocycles. The molecule has 2 aromatic heterocycles. The van der Waals surface area contributed by atoms with Gasteiger partial charge in [0.15, 0.2) is 5.58 Å². The van der Waals surface area contributed by atoms with E-state index in [1.165, 1.54) is 0 Å². The molecule has 0 unspecified atom stereocenters. The van der Waals surface area contributed by atoms with E-state index < -0.39 is 0 Å². The van der Waals surface area contributed by atoms with Gasteiger partial charge in [-0.3, -0.25) is 9.25 Å². The Morgan fingerprint density at radius 1 is 1.09 bits per heavy atom. The third-order valence-electron chi connectivity index (χ3n) is 3.63. The summed E-state index contributed by atoms with van der Waals surface area (Å²) in [4.78, 5) is 0.494. The number of rotatable bonds is 3. The van der Waals surface area contributed by atoms with E-state index in [0.717, 1.165) is 27.0 Å². The summed E-state index contributed by atoms with van der Waals surface area (Å²) in [5.41, 5.74) is 2.96. The van der Waals surface area contributed by atoms with Crippen LogP contribution >= 0.6 is 24.0 Å². The Bertz CT molecular complexity index is 1030. The first-order valence-electron chi connectivity index (χ1n) is 6.87. The van der Waals surface area contributed by atoms with E-state index in [9.17, 15) is 0 Å². The van der Waals surface area contributed by atoms with Gasteiger partial charge >= 0.3 is 0 Å². The quantitative estimate of drug-likeness (QED) is 0.407. The van der Waals surface area contributed by atoms with Crippen LogP contribution in [-0.2, 0) is 12.9 Å². The number of aryl methyl sites for hydroxylation is 1. The molecule has 0 fully saturated rings. The van der Waals surface area contributed by atoms with E-state index >= 15 is 0 Å². The van der Waals surface area contributed by atoms with Crippen molar-refractivity contribution in [3.63, 3.8) is 0 Å². The zero-order valence-corrected chi connectivity index (χ0v) is 13.5. The minimum absolute atomic E-state index is 0.494. The number of oxazole rings is 1. The normalized spacial score (nSPS) is 11.5. The molecule has 0 N–H and O–H groups in total. The summed E-state index contributed by atoms with van der Waals surface area (Å²) < 4.78 is 9.52. The summed E-state index contributed by atoms with van der Waals surface area (Å²) in [6, 6.07) is 16.1. The molecule has 4 rings (SSSR count). The van der Waals surface area contributed by atoms with Gasteiger partial charge in [-0.25, -0.2) is 0 Å². The highest BCUT2D eigenvalue weighted by molar-refractivity contribution is 7.98. The van der Waals surface area contributed by atoms with Gasteiger partial charge in [0.1, 0.15) is 5.03 Å². The number of aromatic nitrogens is 3. The lowest BCUT2D eigenvalue weighted by molar-refractivity contribution is 0.557. The molecule has 4 nitrogen and oxygen atoms in total. The van der Waals surface area contributed by atoms with Crippen LogP contribution in [0.1, 0.15) is 0 Å². The van der Waals surface area contributed by atoms with Crippen LogP contribution in [-0.4, -0.2) is 14.3 Å². The van der Waals surface area contributed by atoms with Crippen LogP contribution in [0.5, 0.6) is 0 Å². The number of hydrogen-bond acceptors (Lipinski definition) is 4. The Labute approximate surface area is 136 Å². The molecule has 22 heavy (non-hydrogen) atoms. The van der Waals surface area contributed by atoms with E-state index in [1.54, 1.807) is 11.8 Å². The SMILES string of the molecule is Cn1nc(SCn2c(=S)oc3ccccc32)c2ccccc21. The van der Waals surface area contributed by atoms with Crippen molar-refractivity contribution in [2.24, 2.45) is 7.05 Å². The molecule has 0 amide bonds.